The Balaban J connectivity index is 2.24. The molecule has 3 heterocycles. The third kappa shape index (κ3) is 1.90. The zero-order valence-corrected chi connectivity index (χ0v) is 12.8. The second-order valence-corrected chi connectivity index (χ2v) is 7.22. The number of aromatic nitrogens is 2. The minimum atomic E-state index is 0.706. The summed E-state index contributed by atoms with van der Waals surface area (Å²) in [6.45, 7) is 0. The van der Waals surface area contributed by atoms with Crippen LogP contribution in [0.15, 0.2) is 33.4 Å². The molecule has 3 rings (SSSR count). The number of aryl methyl sites for hydroxylation is 1. The first-order valence-electron chi connectivity index (χ1n) is 5.29. The van der Waals surface area contributed by atoms with Gasteiger partial charge in [0.25, 0.3) is 0 Å². The molecule has 0 unspecified atom stereocenters. The van der Waals surface area contributed by atoms with E-state index in [2.05, 4.69) is 38.5 Å². The molecule has 0 amide bonds. The van der Waals surface area contributed by atoms with Crippen LogP contribution in [0.2, 0.25) is 0 Å². The minimum absolute atomic E-state index is 0.706. The molecule has 0 spiro atoms. The van der Waals surface area contributed by atoms with Gasteiger partial charge in [-0.25, -0.2) is 0 Å². The number of rotatable bonds is 2. The molecule has 0 bridgehead atoms. The zero-order valence-electron chi connectivity index (χ0n) is 9.55. The average molecular weight is 340 g/mol. The van der Waals surface area contributed by atoms with Crippen LogP contribution < -0.4 is 5.73 Å². The second kappa shape index (κ2) is 4.53. The predicted molar refractivity (Wildman–Crippen MR) is 81.9 cm³/mol. The van der Waals surface area contributed by atoms with Crippen molar-refractivity contribution in [1.82, 2.24) is 9.78 Å². The molecule has 6 heteroatoms. The highest BCUT2D eigenvalue weighted by atomic mass is 79.9. The van der Waals surface area contributed by atoms with Crippen LogP contribution in [-0.4, -0.2) is 9.78 Å². The van der Waals surface area contributed by atoms with E-state index in [1.807, 2.05) is 19.2 Å². The van der Waals surface area contributed by atoms with Gasteiger partial charge >= 0.3 is 0 Å². The van der Waals surface area contributed by atoms with Crippen molar-refractivity contribution in [3.05, 3.63) is 33.4 Å². The molecular weight excluding hydrogens is 330 g/mol. The maximum Gasteiger partial charge on any atom is 0.130 e. The maximum absolute atomic E-state index is 6.14. The summed E-state index contributed by atoms with van der Waals surface area (Å²) in [6.07, 6.45) is 0. The monoisotopic (exact) mass is 339 g/mol. The Kier molecular flexibility index (Phi) is 3.01. The Labute approximate surface area is 121 Å². The first-order chi connectivity index (χ1) is 8.66. The molecule has 0 saturated carbocycles. The molecule has 0 aromatic carbocycles. The van der Waals surface area contributed by atoms with Gasteiger partial charge in [0.2, 0.25) is 0 Å². The molecule has 0 aliphatic carbocycles. The van der Waals surface area contributed by atoms with Crippen molar-refractivity contribution < 1.29 is 0 Å². The van der Waals surface area contributed by atoms with E-state index in [-0.39, 0.29) is 0 Å². The normalized spacial score (nSPS) is 11.0. The third-order valence-electron chi connectivity index (χ3n) is 2.67. The molecule has 0 aliphatic heterocycles. The molecule has 92 valence electrons. The number of thiophene rings is 2. The van der Waals surface area contributed by atoms with Crippen molar-refractivity contribution in [2.45, 2.75) is 0 Å². The van der Waals surface area contributed by atoms with E-state index in [0.29, 0.717) is 5.82 Å². The summed E-state index contributed by atoms with van der Waals surface area (Å²) in [7, 11) is 1.87. The van der Waals surface area contributed by atoms with Gasteiger partial charge in [0.1, 0.15) is 11.5 Å². The van der Waals surface area contributed by atoms with Crippen LogP contribution in [0.4, 0.5) is 5.82 Å². The zero-order chi connectivity index (χ0) is 12.7. The lowest BCUT2D eigenvalue weighted by Gasteiger charge is -1.98. The first-order valence-corrected chi connectivity index (χ1v) is 7.78. The number of anilines is 1. The molecule has 0 aliphatic rings. The topological polar surface area (TPSA) is 43.8 Å². The largest absolute Gasteiger partial charge is 0.383 e. The van der Waals surface area contributed by atoms with Crippen molar-refractivity contribution in [3.63, 3.8) is 0 Å². The van der Waals surface area contributed by atoms with Crippen LogP contribution in [0.25, 0.3) is 21.0 Å². The van der Waals surface area contributed by atoms with E-state index >= 15 is 0 Å². The Morgan fingerprint density at radius 2 is 2.11 bits per heavy atom. The SMILES string of the molecule is Cn1nc(-c2ccc(Br)s2)c(-c2cccs2)c1N. The molecule has 3 aromatic heterocycles. The number of nitrogen functional groups attached to an aromatic ring is 1. The molecule has 0 atom stereocenters. The first kappa shape index (κ1) is 12.0. The quantitative estimate of drug-likeness (QED) is 0.759. The lowest BCUT2D eigenvalue weighted by molar-refractivity contribution is 0.783. The van der Waals surface area contributed by atoms with E-state index in [1.165, 1.54) is 0 Å². The van der Waals surface area contributed by atoms with Crippen molar-refractivity contribution in [2.24, 2.45) is 7.05 Å². The summed E-state index contributed by atoms with van der Waals surface area (Å²) in [5.74, 6) is 0.706. The van der Waals surface area contributed by atoms with Crippen LogP contribution in [0, 0.1) is 0 Å². The van der Waals surface area contributed by atoms with Crippen molar-refractivity contribution >= 4 is 44.4 Å². The standard InChI is InChI=1S/C12H10BrN3S2/c1-16-12(14)10(7-3-2-6-17-7)11(15-16)8-4-5-9(13)18-8/h2-6H,14H2,1H3. The minimum Gasteiger partial charge on any atom is -0.383 e. The van der Waals surface area contributed by atoms with Crippen LogP contribution >= 0.6 is 38.6 Å². The van der Waals surface area contributed by atoms with Crippen LogP contribution in [0.1, 0.15) is 0 Å². The van der Waals surface area contributed by atoms with Gasteiger partial charge in [-0.15, -0.1) is 22.7 Å². The van der Waals surface area contributed by atoms with Gasteiger partial charge in [-0.05, 0) is 39.5 Å². The van der Waals surface area contributed by atoms with Gasteiger partial charge in [0.05, 0.1) is 14.2 Å². The highest BCUT2D eigenvalue weighted by molar-refractivity contribution is 9.11. The molecule has 0 fully saturated rings. The Morgan fingerprint density at radius 1 is 1.28 bits per heavy atom. The summed E-state index contributed by atoms with van der Waals surface area (Å²) < 4.78 is 2.83. The Hall–Kier alpha value is -1.11. The van der Waals surface area contributed by atoms with Crippen LogP contribution in [0.5, 0.6) is 0 Å². The highest BCUT2D eigenvalue weighted by Crippen LogP contribution is 2.41. The number of hydrogen-bond acceptors (Lipinski definition) is 4. The van der Waals surface area contributed by atoms with E-state index in [4.69, 9.17) is 5.73 Å². The predicted octanol–water partition coefficient (Wildman–Crippen LogP) is 4.22. The van der Waals surface area contributed by atoms with E-state index in [9.17, 15) is 0 Å². The molecule has 2 N–H and O–H groups in total. The van der Waals surface area contributed by atoms with E-state index in [0.717, 1.165) is 24.8 Å². The van der Waals surface area contributed by atoms with Crippen molar-refractivity contribution in [1.29, 1.82) is 0 Å². The second-order valence-electron chi connectivity index (χ2n) is 3.81. The number of nitrogens with two attached hydrogens (primary N) is 1. The molecule has 3 nitrogen and oxygen atoms in total. The molecule has 0 radical (unpaired) electrons. The highest BCUT2D eigenvalue weighted by Gasteiger charge is 2.19. The number of nitrogens with zero attached hydrogens (tertiary/aromatic N) is 2. The van der Waals surface area contributed by atoms with Crippen LogP contribution in [-0.2, 0) is 7.05 Å². The summed E-state index contributed by atoms with van der Waals surface area (Å²) in [5, 5.41) is 6.59. The third-order valence-corrected chi connectivity index (χ3v) is 5.18. The summed E-state index contributed by atoms with van der Waals surface area (Å²) in [6, 6.07) is 8.20. The summed E-state index contributed by atoms with van der Waals surface area (Å²) >= 11 is 6.83. The Bertz CT molecular complexity index is 682. The van der Waals surface area contributed by atoms with Gasteiger partial charge in [-0.1, -0.05) is 6.07 Å². The van der Waals surface area contributed by atoms with E-state index < -0.39 is 0 Å². The van der Waals surface area contributed by atoms with Crippen molar-refractivity contribution in [2.75, 3.05) is 5.73 Å². The molecular formula is C12H10BrN3S2. The number of halogens is 1. The van der Waals surface area contributed by atoms with Gasteiger partial charge < -0.3 is 5.73 Å². The maximum atomic E-state index is 6.14. The fourth-order valence-corrected chi connectivity index (χ4v) is 3.97. The van der Waals surface area contributed by atoms with Crippen molar-refractivity contribution in [3.8, 4) is 21.0 Å². The van der Waals surface area contributed by atoms with Gasteiger partial charge in [-0.3, -0.25) is 4.68 Å². The fourth-order valence-electron chi connectivity index (χ4n) is 1.81. The number of hydrogen-bond donors (Lipinski definition) is 1. The molecule has 3 aromatic rings. The smallest absolute Gasteiger partial charge is 0.130 e. The molecule has 18 heavy (non-hydrogen) atoms. The average Bonchev–Trinajstić information content (AvgIpc) is 3.02. The van der Waals surface area contributed by atoms with Gasteiger partial charge in [-0.2, -0.15) is 5.10 Å². The van der Waals surface area contributed by atoms with Gasteiger partial charge in [0, 0.05) is 11.9 Å². The lowest BCUT2D eigenvalue weighted by Crippen LogP contribution is -1.97. The Morgan fingerprint density at radius 3 is 2.72 bits per heavy atom. The summed E-state index contributed by atoms with van der Waals surface area (Å²) in [5.41, 5.74) is 8.12. The molecule has 0 saturated heterocycles. The van der Waals surface area contributed by atoms with E-state index in [1.54, 1.807) is 27.4 Å². The van der Waals surface area contributed by atoms with Gasteiger partial charge in [0.15, 0.2) is 0 Å². The lowest BCUT2D eigenvalue weighted by atomic mass is 10.1. The fraction of sp³-hybridized carbons (Fsp3) is 0.0833. The van der Waals surface area contributed by atoms with Crippen LogP contribution in [0.3, 0.4) is 0 Å². The summed E-state index contributed by atoms with van der Waals surface area (Å²) in [4.78, 5) is 2.28.